The van der Waals surface area contributed by atoms with Crippen LogP contribution in [0.5, 0.6) is 5.75 Å². The van der Waals surface area contributed by atoms with Crippen LogP contribution in [0.25, 0.3) is 10.8 Å². The van der Waals surface area contributed by atoms with Gasteiger partial charge in [-0.15, -0.1) is 0 Å². The number of hydrogen-bond donors (Lipinski definition) is 2. The lowest BCUT2D eigenvalue weighted by Gasteiger charge is -2.22. The second-order valence-corrected chi connectivity index (χ2v) is 5.97. The summed E-state index contributed by atoms with van der Waals surface area (Å²) in [5.41, 5.74) is 1.78. The molecular formula is C21H19NO4. The zero-order valence-corrected chi connectivity index (χ0v) is 14.5. The van der Waals surface area contributed by atoms with Crippen LogP contribution in [0.4, 0.5) is 0 Å². The van der Waals surface area contributed by atoms with Crippen molar-refractivity contribution in [3.63, 3.8) is 0 Å². The molecule has 0 aliphatic carbocycles. The van der Waals surface area contributed by atoms with Crippen molar-refractivity contribution < 1.29 is 19.4 Å². The molecule has 0 radical (unpaired) electrons. The Labute approximate surface area is 151 Å². The van der Waals surface area contributed by atoms with Crippen molar-refractivity contribution in [3.05, 3.63) is 77.4 Å². The van der Waals surface area contributed by atoms with Gasteiger partial charge in [0.05, 0.1) is 18.7 Å². The molecule has 132 valence electrons. The number of nitrogens with one attached hydrogen (secondary N) is 1. The third-order valence-electron chi connectivity index (χ3n) is 4.25. The van der Waals surface area contributed by atoms with Crippen molar-refractivity contribution in [2.75, 3.05) is 7.11 Å². The maximum atomic E-state index is 11.8. The molecule has 0 saturated heterocycles. The van der Waals surface area contributed by atoms with Crippen LogP contribution in [0.3, 0.4) is 0 Å². The number of phenolic OH excluding ortho intramolecular Hbond substituents is 1. The standard InChI is InChI=1S/C21H19NO4/c1-13(23)22-20(15-7-9-16(10-8-15)21(25)26-2)19-17-6-4-3-5-14(17)11-12-18(19)24/h3-12,20,24H,1-2H3,(H,22,23). The predicted octanol–water partition coefficient (Wildman–Crippen LogP) is 3.56. The molecule has 0 saturated carbocycles. The maximum Gasteiger partial charge on any atom is 0.337 e. The molecule has 5 heteroatoms. The van der Waals surface area contributed by atoms with Crippen molar-refractivity contribution in [1.29, 1.82) is 0 Å². The lowest BCUT2D eigenvalue weighted by Crippen LogP contribution is -2.27. The summed E-state index contributed by atoms with van der Waals surface area (Å²) in [4.78, 5) is 23.4. The molecule has 1 amide bonds. The summed E-state index contributed by atoms with van der Waals surface area (Å²) in [6.07, 6.45) is 0. The smallest absolute Gasteiger partial charge is 0.337 e. The van der Waals surface area contributed by atoms with E-state index in [0.717, 1.165) is 16.3 Å². The number of amides is 1. The Morgan fingerprint density at radius 1 is 1.00 bits per heavy atom. The first-order valence-electron chi connectivity index (χ1n) is 8.17. The van der Waals surface area contributed by atoms with E-state index in [0.29, 0.717) is 11.1 Å². The highest BCUT2D eigenvalue weighted by Gasteiger charge is 2.21. The molecule has 1 atom stereocenters. The first-order chi connectivity index (χ1) is 12.5. The van der Waals surface area contributed by atoms with E-state index in [1.807, 2.05) is 30.3 Å². The lowest BCUT2D eigenvalue weighted by molar-refractivity contribution is -0.119. The molecule has 0 aliphatic rings. The molecule has 0 bridgehead atoms. The Morgan fingerprint density at radius 2 is 1.69 bits per heavy atom. The fourth-order valence-corrected chi connectivity index (χ4v) is 3.04. The van der Waals surface area contributed by atoms with Crippen molar-refractivity contribution in [2.24, 2.45) is 0 Å². The zero-order valence-electron chi connectivity index (χ0n) is 14.5. The molecule has 0 fully saturated rings. The minimum atomic E-state index is -0.551. The van der Waals surface area contributed by atoms with Crippen LogP contribution in [-0.2, 0) is 9.53 Å². The summed E-state index contributed by atoms with van der Waals surface area (Å²) in [7, 11) is 1.32. The van der Waals surface area contributed by atoms with Gasteiger partial charge in [-0.2, -0.15) is 0 Å². The minimum Gasteiger partial charge on any atom is -0.508 e. The fourth-order valence-electron chi connectivity index (χ4n) is 3.04. The van der Waals surface area contributed by atoms with E-state index in [-0.39, 0.29) is 11.7 Å². The number of ether oxygens (including phenoxy) is 1. The summed E-state index contributed by atoms with van der Waals surface area (Å²) in [5.74, 6) is -0.556. The molecule has 3 aromatic rings. The predicted molar refractivity (Wildman–Crippen MR) is 99.1 cm³/mol. The van der Waals surface area contributed by atoms with E-state index in [9.17, 15) is 14.7 Å². The number of phenols is 1. The van der Waals surface area contributed by atoms with Gasteiger partial charge in [-0.25, -0.2) is 4.79 Å². The zero-order chi connectivity index (χ0) is 18.7. The molecule has 0 heterocycles. The molecular weight excluding hydrogens is 330 g/mol. The number of carbonyl (C=O) groups is 2. The van der Waals surface area contributed by atoms with Crippen molar-refractivity contribution in [2.45, 2.75) is 13.0 Å². The number of hydrogen-bond acceptors (Lipinski definition) is 4. The van der Waals surface area contributed by atoms with E-state index in [4.69, 9.17) is 4.74 Å². The van der Waals surface area contributed by atoms with Crippen molar-refractivity contribution in [1.82, 2.24) is 5.32 Å². The third-order valence-corrected chi connectivity index (χ3v) is 4.25. The van der Waals surface area contributed by atoms with Crippen LogP contribution in [0, 0.1) is 0 Å². The SMILES string of the molecule is COC(=O)c1ccc(C(NC(C)=O)c2c(O)ccc3ccccc23)cc1. The average molecular weight is 349 g/mol. The Kier molecular flexibility index (Phi) is 4.89. The van der Waals surface area contributed by atoms with Gasteiger partial charge in [0, 0.05) is 12.5 Å². The van der Waals surface area contributed by atoms with Crippen LogP contribution in [0.1, 0.15) is 34.5 Å². The number of esters is 1. The van der Waals surface area contributed by atoms with Gasteiger partial charge in [0.25, 0.3) is 0 Å². The fraction of sp³-hybridized carbons (Fsp3) is 0.143. The largest absolute Gasteiger partial charge is 0.508 e. The van der Waals surface area contributed by atoms with E-state index in [2.05, 4.69) is 5.32 Å². The number of fused-ring (bicyclic) bond motifs is 1. The summed E-state index contributed by atoms with van der Waals surface area (Å²) >= 11 is 0. The lowest BCUT2D eigenvalue weighted by atomic mass is 9.92. The van der Waals surface area contributed by atoms with E-state index >= 15 is 0 Å². The molecule has 26 heavy (non-hydrogen) atoms. The number of aromatic hydroxyl groups is 1. The molecule has 5 nitrogen and oxygen atoms in total. The second kappa shape index (κ2) is 7.27. The molecule has 0 spiro atoms. The summed E-state index contributed by atoms with van der Waals surface area (Å²) in [5, 5.41) is 15.2. The monoisotopic (exact) mass is 349 g/mol. The highest BCUT2D eigenvalue weighted by Crippen LogP contribution is 2.35. The molecule has 2 N–H and O–H groups in total. The van der Waals surface area contributed by atoms with E-state index in [1.54, 1.807) is 30.3 Å². The van der Waals surface area contributed by atoms with Crippen molar-refractivity contribution >= 4 is 22.6 Å². The Hall–Kier alpha value is -3.34. The third kappa shape index (κ3) is 3.37. The number of carbonyl (C=O) groups excluding carboxylic acids is 2. The highest BCUT2D eigenvalue weighted by molar-refractivity contribution is 5.90. The summed E-state index contributed by atoms with van der Waals surface area (Å²) in [6, 6.07) is 17.3. The summed E-state index contributed by atoms with van der Waals surface area (Å²) in [6.45, 7) is 1.43. The minimum absolute atomic E-state index is 0.0968. The molecule has 1 unspecified atom stereocenters. The van der Waals surface area contributed by atoms with Gasteiger partial charge >= 0.3 is 5.97 Å². The van der Waals surface area contributed by atoms with Gasteiger partial charge in [0.1, 0.15) is 5.75 Å². The van der Waals surface area contributed by atoms with Crippen LogP contribution < -0.4 is 5.32 Å². The first-order valence-corrected chi connectivity index (χ1v) is 8.17. The van der Waals surface area contributed by atoms with Gasteiger partial charge in [0.15, 0.2) is 0 Å². The van der Waals surface area contributed by atoms with E-state index in [1.165, 1.54) is 14.0 Å². The topological polar surface area (TPSA) is 75.6 Å². The van der Waals surface area contributed by atoms with Gasteiger partial charge in [0.2, 0.25) is 5.91 Å². The van der Waals surface area contributed by atoms with Crippen LogP contribution in [0.15, 0.2) is 60.7 Å². The first kappa shape index (κ1) is 17.5. The Bertz CT molecular complexity index is 963. The van der Waals surface area contributed by atoms with E-state index < -0.39 is 12.0 Å². The number of rotatable bonds is 4. The molecule has 0 aliphatic heterocycles. The van der Waals surface area contributed by atoms with Gasteiger partial charge in [-0.1, -0.05) is 42.5 Å². The van der Waals surface area contributed by atoms with Crippen LogP contribution >= 0.6 is 0 Å². The molecule has 3 rings (SSSR count). The quantitative estimate of drug-likeness (QED) is 0.706. The van der Waals surface area contributed by atoms with Crippen molar-refractivity contribution in [3.8, 4) is 5.75 Å². The average Bonchev–Trinajstić information content (AvgIpc) is 2.66. The normalized spacial score (nSPS) is 11.8. The van der Waals surface area contributed by atoms with Gasteiger partial charge in [-0.05, 0) is 34.5 Å². The molecule has 0 aromatic heterocycles. The number of methoxy groups -OCH3 is 1. The number of benzene rings is 3. The van der Waals surface area contributed by atoms with Crippen LogP contribution in [-0.4, -0.2) is 24.1 Å². The molecule has 3 aromatic carbocycles. The Balaban J connectivity index is 2.14. The Morgan fingerprint density at radius 3 is 2.35 bits per heavy atom. The second-order valence-electron chi connectivity index (χ2n) is 5.97. The van der Waals surface area contributed by atoms with Gasteiger partial charge in [-0.3, -0.25) is 4.79 Å². The van der Waals surface area contributed by atoms with Gasteiger partial charge < -0.3 is 15.2 Å². The summed E-state index contributed by atoms with van der Waals surface area (Å²) < 4.78 is 4.71. The maximum absolute atomic E-state index is 11.8. The highest BCUT2D eigenvalue weighted by atomic mass is 16.5. The van der Waals surface area contributed by atoms with Crippen LogP contribution in [0.2, 0.25) is 0 Å².